The zero-order chi connectivity index (χ0) is 11.7. The lowest BCUT2D eigenvalue weighted by Crippen LogP contribution is -2.09. The lowest BCUT2D eigenvalue weighted by molar-refractivity contribution is 0.0688. The zero-order valence-corrected chi connectivity index (χ0v) is 8.43. The Balaban J connectivity index is 3.63. The molecule has 0 saturated carbocycles. The molecule has 0 aliphatic carbocycles. The highest BCUT2D eigenvalue weighted by atomic mass is 35.5. The van der Waals surface area contributed by atoms with Crippen LogP contribution >= 0.6 is 23.2 Å². The van der Waals surface area contributed by atoms with Crippen molar-refractivity contribution in [1.29, 1.82) is 0 Å². The van der Waals surface area contributed by atoms with Gasteiger partial charge in [0, 0.05) is 0 Å². The van der Waals surface area contributed by atoms with Crippen LogP contribution in [0, 0.1) is 5.82 Å². The van der Waals surface area contributed by atoms with Crippen LogP contribution in [0.5, 0.6) is 0 Å². The molecule has 0 amide bonds. The highest BCUT2D eigenvalue weighted by molar-refractivity contribution is 6.44. The van der Waals surface area contributed by atoms with Crippen LogP contribution in [-0.2, 0) is 0 Å². The second-order valence-corrected chi connectivity index (χ2v) is 3.30. The molecule has 0 aliphatic rings. The van der Waals surface area contributed by atoms with Crippen LogP contribution in [0.2, 0.25) is 10.0 Å². The van der Waals surface area contributed by atoms with E-state index in [2.05, 4.69) is 0 Å². The molecule has 1 aromatic rings. The normalized spacial score (nSPS) is 10.1. The standard InChI is InChI=1S/C8H3Cl2FO4/c9-3-1-2(7(12)13)6(11)4(5(3)10)8(14)15/h1H,(H,12,13)(H,14,15). The molecule has 7 heteroatoms. The first-order chi connectivity index (χ1) is 6.86. The average Bonchev–Trinajstić information content (AvgIpc) is 2.10. The maximum absolute atomic E-state index is 13.3. The van der Waals surface area contributed by atoms with Crippen molar-refractivity contribution in [3.8, 4) is 0 Å². The van der Waals surface area contributed by atoms with Gasteiger partial charge in [-0.15, -0.1) is 0 Å². The van der Waals surface area contributed by atoms with Gasteiger partial charge in [-0.1, -0.05) is 23.2 Å². The Morgan fingerprint density at radius 2 is 1.73 bits per heavy atom. The van der Waals surface area contributed by atoms with Crippen molar-refractivity contribution in [3.05, 3.63) is 33.1 Å². The molecule has 0 spiro atoms. The fraction of sp³-hybridized carbons (Fsp3) is 0. The van der Waals surface area contributed by atoms with Gasteiger partial charge in [0.05, 0.1) is 15.6 Å². The number of rotatable bonds is 2. The molecule has 4 nitrogen and oxygen atoms in total. The van der Waals surface area contributed by atoms with E-state index in [0.717, 1.165) is 6.07 Å². The summed E-state index contributed by atoms with van der Waals surface area (Å²) >= 11 is 10.9. The lowest BCUT2D eigenvalue weighted by atomic mass is 10.1. The van der Waals surface area contributed by atoms with Gasteiger partial charge in [0.25, 0.3) is 0 Å². The molecule has 0 fully saturated rings. The lowest BCUT2D eigenvalue weighted by Gasteiger charge is -2.05. The monoisotopic (exact) mass is 252 g/mol. The fourth-order valence-electron chi connectivity index (χ4n) is 0.947. The Bertz CT molecular complexity index is 458. The molecule has 0 radical (unpaired) electrons. The number of hydrogen-bond donors (Lipinski definition) is 2. The number of hydrogen-bond acceptors (Lipinski definition) is 2. The summed E-state index contributed by atoms with van der Waals surface area (Å²) in [4.78, 5) is 21.1. The maximum atomic E-state index is 13.3. The number of aromatic carboxylic acids is 2. The smallest absolute Gasteiger partial charge is 0.340 e. The summed E-state index contributed by atoms with van der Waals surface area (Å²) in [7, 11) is 0. The maximum Gasteiger partial charge on any atom is 0.340 e. The van der Waals surface area contributed by atoms with Crippen LogP contribution in [0.15, 0.2) is 6.07 Å². The first-order valence-electron chi connectivity index (χ1n) is 3.50. The van der Waals surface area contributed by atoms with Crippen molar-refractivity contribution in [2.75, 3.05) is 0 Å². The molecule has 0 bridgehead atoms. The van der Waals surface area contributed by atoms with E-state index in [1.807, 2.05) is 0 Å². The largest absolute Gasteiger partial charge is 0.478 e. The quantitative estimate of drug-likeness (QED) is 0.794. The minimum atomic E-state index is -1.68. The van der Waals surface area contributed by atoms with Crippen molar-refractivity contribution in [2.45, 2.75) is 0 Å². The highest BCUT2D eigenvalue weighted by Gasteiger charge is 2.24. The van der Waals surface area contributed by atoms with E-state index in [9.17, 15) is 14.0 Å². The van der Waals surface area contributed by atoms with E-state index in [0.29, 0.717) is 0 Å². The van der Waals surface area contributed by atoms with Crippen LogP contribution in [0.1, 0.15) is 20.7 Å². The molecule has 2 N–H and O–H groups in total. The Hall–Kier alpha value is -1.33. The van der Waals surface area contributed by atoms with Gasteiger partial charge in [0.15, 0.2) is 5.82 Å². The molecule has 1 rings (SSSR count). The van der Waals surface area contributed by atoms with E-state index < -0.39 is 33.9 Å². The van der Waals surface area contributed by atoms with E-state index in [1.54, 1.807) is 0 Å². The second-order valence-electron chi connectivity index (χ2n) is 2.52. The van der Waals surface area contributed by atoms with Crippen LogP contribution in [0.3, 0.4) is 0 Å². The van der Waals surface area contributed by atoms with Gasteiger partial charge in [-0.2, -0.15) is 0 Å². The molecule has 0 aliphatic heterocycles. The van der Waals surface area contributed by atoms with Gasteiger partial charge < -0.3 is 10.2 Å². The molecular formula is C8H3Cl2FO4. The van der Waals surface area contributed by atoms with Crippen LogP contribution in [0.25, 0.3) is 0 Å². The third kappa shape index (κ3) is 2.03. The van der Waals surface area contributed by atoms with Crippen LogP contribution in [0.4, 0.5) is 4.39 Å². The highest BCUT2D eigenvalue weighted by Crippen LogP contribution is 2.30. The summed E-state index contributed by atoms with van der Waals surface area (Å²) in [6.07, 6.45) is 0. The first kappa shape index (κ1) is 11.7. The van der Waals surface area contributed by atoms with Crippen LogP contribution < -0.4 is 0 Å². The summed E-state index contributed by atoms with van der Waals surface area (Å²) in [6, 6.07) is 0.758. The van der Waals surface area contributed by atoms with E-state index in [-0.39, 0.29) is 5.02 Å². The summed E-state index contributed by atoms with van der Waals surface area (Å²) in [6.45, 7) is 0. The molecule has 0 aromatic heterocycles. The van der Waals surface area contributed by atoms with E-state index in [1.165, 1.54) is 0 Å². The number of carbonyl (C=O) groups is 2. The van der Waals surface area contributed by atoms with Gasteiger partial charge in [-0.3, -0.25) is 0 Å². The summed E-state index contributed by atoms with van der Waals surface area (Å²) < 4.78 is 13.3. The van der Waals surface area contributed by atoms with Crippen LogP contribution in [-0.4, -0.2) is 22.2 Å². The molecule has 0 atom stereocenters. The number of benzene rings is 1. The molecule has 1 aromatic carbocycles. The number of halogens is 3. The number of carboxylic acid groups (broad SMARTS) is 2. The van der Waals surface area contributed by atoms with Crippen molar-refractivity contribution in [3.63, 3.8) is 0 Å². The van der Waals surface area contributed by atoms with Gasteiger partial charge in [-0.25, -0.2) is 14.0 Å². The molecule has 0 heterocycles. The summed E-state index contributed by atoms with van der Waals surface area (Å²) in [5.41, 5.74) is -1.77. The minimum absolute atomic E-state index is 0.326. The van der Waals surface area contributed by atoms with Crippen molar-refractivity contribution >= 4 is 35.1 Å². The Morgan fingerprint density at radius 1 is 1.20 bits per heavy atom. The van der Waals surface area contributed by atoms with E-state index in [4.69, 9.17) is 33.4 Å². The summed E-state index contributed by atoms with van der Waals surface area (Å²) in [5, 5.41) is 16.3. The second kappa shape index (κ2) is 4.04. The topological polar surface area (TPSA) is 74.6 Å². The van der Waals surface area contributed by atoms with Gasteiger partial charge in [0.2, 0.25) is 0 Å². The molecule has 80 valence electrons. The predicted octanol–water partition coefficient (Wildman–Crippen LogP) is 2.53. The molecule has 0 saturated heterocycles. The number of carboxylic acids is 2. The third-order valence-electron chi connectivity index (χ3n) is 1.60. The molecule has 0 unspecified atom stereocenters. The van der Waals surface area contributed by atoms with E-state index >= 15 is 0 Å². The minimum Gasteiger partial charge on any atom is -0.478 e. The predicted molar refractivity (Wildman–Crippen MR) is 50.3 cm³/mol. The average molecular weight is 253 g/mol. The van der Waals surface area contributed by atoms with Crippen molar-refractivity contribution in [1.82, 2.24) is 0 Å². The Kier molecular flexibility index (Phi) is 3.16. The first-order valence-corrected chi connectivity index (χ1v) is 4.26. The summed E-state index contributed by atoms with van der Waals surface area (Å²) in [5.74, 6) is -4.71. The third-order valence-corrected chi connectivity index (χ3v) is 2.39. The molecular weight excluding hydrogens is 250 g/mol. The van der Waals surface area contributed by atoms with Crippen molar-refractivity contribution in [2.24, 2.45) is 0 Å². The van der Waals surface area contributed by atoms with Crippen molar-refractivity contribution < 1.29 is 24.2 Å². The Labute approximate surface area is 92.8 Å². The van der Waals surface area contributed by atoms with Gasteiger partial charge in [-0.05, 0) is 6.07 Å². The van der Waals surface area contributed by atoms with Gasteiger partial charge in [0.1, 0.15) is 5.56 Å². The fourth-order valence-corrected chi connectivity index (χ4v) is 1.37. The molecule has 15 heavy (non-hydrogen) atoms. The zero-order valence-electron chi connectivity index (χ0n) is 6.92. The SMILES string of the molecule is O=C(O)c1cc(Cl)c(Cl)c(C(=O)O)c1F. The Morgan fingerprint density at radius 3 is 2.13 bits per heavy atom. The van der Waals surface area contributed by atoms with Gasteiger partial charge >= 0.3 is 11.9 Å².